The van der Waals surface area contributed by atoms with Gasteiger partial charge in [-0.3, -0.25) is 5.10 Å². The molecule has 2 aromatic carbocycles. The number of nitrogens with one attached hydrogen (secondary N) is 1. The first-order chi connectivity index (χ1) is 11.4. The number of carboxylic acids is 1. The summed E-state index contributed by atoms with van der Waals surface area (Å²) < 4.78 is 5.49. The third-order valence-corrected chi connectivity index (χ3v) is 4.26. The number of benzene rings is 2. The molecule has 0 saturated heterocycles. The highest BCUT2D eigenvalue weighted by molar-refractivity contribution is 5.99. The topological polar surface area (TPSA) is 75.2 Å². The molecule has 0 aliphatic heterocycles. The van der Waals surface area contributed by atoms with Crippen molar-refractivity contribution in [2.75, 3.05) is 7.11 Å². The lowest BCUT2D eigenvalue weighted by molar-refractivity contribution is 0.0697. The lowest BCUT2D eigenvalue weighted by Crippen LogP contribution is -1.98. The second-order valence-electron chi connectivity index (χ2n) is 6.20. The van der Waals surface area contributed by atoms with Gasteiger partial charge in [0.25, 0.3) is 0 Å². The van der Waals surface area contributed by atoms with Crippen molar-refractivity contribution in [1.82, 2.24) is 10.2 Å². The van der Waals surface area contributed by atoms with Gasteiger partial charge in [0.1, 0.15) is 11.4 Å². The van der Waals surface area contributed by atoms with Gasteiger partial charge in [-0.05, 0) is 54.3 Å². The summed E-state index contributed by atoms with van der Waals surface area (Å²) in [6.45, 7) is 6.23. The van der Waals surface area contributed by atoms with Crippen LogP contribution in [0.1, 0.15) is 41.3 Å². The third-order valence-electron chi connectivity index (χ3n) is 4.26. The quantitative estimate of drug-likeness (QED) is 0.747. The van der Waals surface area contributed by atoms with Crippen LogP contribution in [-0.4, -0.2) is 28.4 Å². The highest BCUT2D eigenvalue weighted by atomic mass is 16.5. The minimum Gasteiger partial charge on any atom is -0.496 e. The fraction of sp³-hybridized carbons (Fsp3) is 0.263. The number of H-pyrrole nitrogens is 1. The van der Waals surface area contributed by atoms with E-state index in [0.717, 1.165) is 39.0 Å². The second kappa shape index (κ2) is 6.00. The molecule has 1 aromatic heterocycles. The van der Waals surface area contributed by atoms with E-state index in [1.165, 1.54) is 0 Å². The third kappa shape index (κ3) is 2.62. The summed E-state index contributed by atoms with van der Waals surface area (Å²) in [4.78, 5) is 11.3. The molecule has 0 saturated carbocycles. The summed E-state index contributed by atoms with van der Waals surface area (Å²) in [6, 6.07) is 9.08. The largest absolute Gasteiger partial charge is 0.496 e. The molecule has 0 aliphatic carbocycles. The molecule has 1 heterocycles. The molecule has 3 aromatic rings. The van der Waals surface area contributed by atoms with Crippen LogP contribution < -0.4 is 4.74 Å². The number of aromatic nitrogens is 2. The average Bonchev–Trinajstić information content (AvgIpc) is 2.97. The molecule has 0 bridgehead atoms. The molecule has 0 aliphatic rings. The highest BCUT2D eigenvalue weighted by Gasteiger charge is 2.17. The van der Waals surface area contributed by atoms with Gasteiger partial charge in [0.2, 0.25) is 0 Å². The van der Waals surface area contributed by atoms with E-state index in [-0.39, 0.29) is 5.56 Å². The standard InChI is InChI=1S/C19H20N2O3/c1-10(2)13-9-14(11(3)7-17(13)24-4)18-15-8-12(19(22)23)5-6-16(15)20-21-18/h5-10H,1-4H3,(H,20,21)(H,22,23). The lowest BCUT2D eigenvalue weighted by atomic mass is 9.94. The molecule has 5 heteroatoms. The Morgan fingerprint density at radius 1 is 1.25 bits per heavy atom. The molecular weight excluding hydrogens is 304 g/mol. The Hall–Kier alpha value is -2.82. The number of carboxylic acid groups (broad SMARTS) is 1. The number of rotatable bonds is 4. The summed E-state index contributed by atoms with van der Waals surface area (Å²) in [5, 5.41) is 17.4. The number of hydrogen-bond acceptors (Lipinski definition) is 3. The van der Waals surface area contributed by atoms with E-state index in [1.807, 2.05) is 13.0 Å². The number of aromatic carboxylic acids is 1. The number of ether oxygens (including phenoxy) is 1. The fourth-order valence-corrected chi connectivity index (χ4v) is 2.93. The van der Waals surface area contributed by atoms with Crippen LogP contribution in [0.5, 0.6) is 5.75 Å². The summed E-state index contributed by atoms with van der Waals surface area (Å²) in [6.07, 6.45) is 0. The number of aromatic amines is 1. The Morgan fingerprint density at radius 2 is 2.00 bits per heavy atom. The molecule has 2 N–H and O–H groups in total. The molecule has 24 heavy (non-hydrogen) atoms. The van der Waals surface area contributed by atoms with Crippen LogP contribution in [0.25, 0.3) is 22.2 Å². The predicted molar refractivity (Wildman–Crippen MR) is 93.9 cm³/mol. The van der Waals surface area contributed by atoms with E-state index in [9.17, 15) is 9.90 Å². The lowest BCUT2D eigenvalue weighted by Gasteiger charge is -2.15. The minimum atomic E-state index is -0.946. The van der Waals surface area contributed by atoms with Crippen molar-refractivity contribution in [1.29, 1.82) is 0 Å². The Bertz CT molecular complexity index is 926. The fourth-order valence-electron chi connectivity index (χ4n) is 2.93. The Kier molecular flexibility index (Phi) is 4.01. The van der Waals surface area contributed by atoms with Crippen molar-refractivity contribution in [2.24, 2.45) is 0 Å². The molecule has 0 unspecified atom stereocenters. The zero-order chi connectivity index (χ0) is 17.4. The van der Waals surface area contributed by atoms with Crippen molar-refractivity contribution in [2.45, 2.75) is 26.7 Å². The Balaban J connectivity index is 2.25. The van der Waals surface area contributed by atoms with E-state index in [0.29, 0.717) is 5.92 Å². The highest BCUT2D eigenvalue weighted by Crippen LogP contribution is 2.36. The zero-order valence-electron chi connectivity index (χ0n) is 14.2. The van der Waals surface area contributed by atoms with Crippen LogP contribution in [0.15, 0.2) is 30.3 Å². The first-order valence-corrected chi connectivity index (χ1v) is 7.82. The van der Waals surface area contributed by atoms with Crippen LogP contribution >= 0.6 is 0 Å². The maximum Gasteiger partial charge on any atom is 0.335 e. The van der Waals surface area contributed by atoms with Crippen molar-refractivity contribution in [3.05, 3.63) is 47.0 Å². The molecule has 0 radical (unpaired) electrons. The number of fused-ring (bicyclic) bond motifs is 1. The maximum atomic E-state index is 11.3. The first kappa shape index (κ1) is 16.1. The number of methoxy groups -OCH3 is 1. The molecule has 0 atom stereocenters. The molecule has 0 amide bonds. The Morgan fingerprint density at radius 3 is 2.62 bits per heavy atom. The molecule has 0 fully saturated rings. The monoisotopic (exact) mass is 324 g/mol. The van der Waals surface area contributed by atoms with Gasteiger partial charge in [0, 0.05) is 10.9 Å². The number of nitrogens with zero attached hydrogens (tertiary/aromatic N) is 1. The normalized spacial score (nSPS) is 11.2. The first-order valence-electron chi connectivity index (χ1n) is 7.82. The van der Waals surface area contributed by atoms with E-state index >= 15 is 0 Å². The van der Waals surface area contributed by atoms with Crippen LogP contribution in [-0.2, 0) is 0 Å². The number of carbonyl (C=O) groups is 1. The summed E-state index contributed by atoms with van der Waals surface area (Å²) >= 11 is 0. The minimum absolute atomic E-state index is 0.250. The summed E-state index contributed by atoms with van der Waals surface area (Å²) in [7, 11) is 1.67. The molecule has 3 rings (SSSR count). The summed E-state index contributed by atoms with van der Waals surface area (Å²) in [5.74, 6) is 0.217. The Labute approximate surface area is 140 Å². The van der Waals surface area contributed by atoms with Gasteiger partial charge in [-0.15, -0.1) is 0 Å². The van der Waals surface area contributed by atoms with Gasteiger partial charge in [0.05, 0.1) is 18.2 Å². The van der Waals surface area contributed by atoms with Crippen molar-refractivity contribution in [3.8, 4) is 17.0 Å². The van der Waals surface area contributed by atoms with Gasteiger partial charge >= 0.3 is 5.97 Å². The maximum absolute atomic E-state index is 11.3. The molecule has 0 spiro atoms. The van der Waals surface area contributed by atoms with Crippen LogP contribution in [0, 0.1) is 6.92 Å². The molecular formula is C19H20N2O3. The number of hydrogen-bond donors (Lipinski definition) is 2. The van der Waals surface area contributed by atoms with Crippen LogP contribution in [0.2, 0.25) is 0 Å². The smallest absolute Gasteiger partial charge is 0.335 e. The SMILES string of the molecule is COc1cc(C)c(-c2n[nH]c3ccc(C(=O)O)cc23)cc1C(C)C. The van der Waals surface area contributed by atoms with E-state index < -0.39 is 5.97 Å². The summed E-state index contributed by atoms with van der Waals surface area (Å²) in [5.41, 5.74) is 4.94. The van der Waals surface area contributed by atoms with Crippen molar-refractivity contribution in [3.63, 3.8) is 0 Å². The zero-order valence-corrected chi connectivity index (χ0v) is 14.2. The number of aryl methyl sites for hydroxylation is 1. The predicted octanol–water partition coefficient (Wildman–Crippen LogP) is 4.37. The second-order valence-corrected chi connectivity index (χ2v) is 6.20. The van der Waals surface area contributed by atoms with Gasteiger partial charge in [0.15, 0.2) is 0 Å². The van der Waals surface area contributed by atoms with Crippen molar-refractivity contribution >= 4 is 16.9 Å². The average molecular weight is 324 g/mol. The van der Waals surface area contributed by atoms with Crippen LogP contribution in [0.4, 0.5) is 0 Å². The van der Waals surface area contributed by atoms with Gasteiger partial charge < -0.3 is 9.84 Å². The van der Waals surface area contributed by atoms with E-state index in [2.05, 4.69) is 30.1 Å². The van der Waals surface area contributed by atoms with Crippen LogP contribution in [0.3, 0.4) is 0 Å². The van der Waals surface area contributed by atoms with E-state index in [1.54, 1.807) is 25.3 Å². The van der Waals surface area contributed by atoms with E-state index in [4.69, 9.17) is 4.74 Å². The molecule has 5 nitrogen and oxygen atoms in total. The van der Waals surface area contributed by atoms with Gasteiger partial charge in [-0.1, -0.05) is 13.8 Å². The molecule has 124 valence electrons. The van der Waals surface area contributed by atoms with Crippen molar-refractivity contribution < 1.29 is 14.6 Å². The van der Waals surface area contributed by atoms with Gasteiger partial charge in [-0.25, -0.2) is 4.79 Å². The van der Waals surface area contributed by atoms with Gasteiger partial charge in [-0.2, -0.15) is 5.10 Å².